The van der Waals surface area contributed by atoms with Crippen LogP contribution in [0.25, 0.3) is 0 Å². The maximum Gasteiger partial charge on any atom is 0.250 e. The first-order valence-corrected chi connectivity index (χ1v) is 7.96. The predicted molar refractivity (Wildman–Crippen MR) is 71.8 cm³/mol. The molecule has 0 aliphatic rings. The van der Waals surface area contributed by atoms with Crippen LogP contribution < -0.4 is 4.72 Å². The van der Waals surface area contributed by atoms with Crippen LogP contribution in [0.2, 0.25) is 9.36 Å². The number of hydrogen-bond donors (Lipinski definition) is 1. The van der Waals surface area contributed by atoms with Gasteiger partial charge in [-0.3, -0.25) is 4.68 Å². The van der Waals surface area contributed by atoms with Crippen LogP contribution in [0.4, 0.5) is 0 Å². The van der Waals surface area contributed by atoms with Crippen molar-refractivity contribution in [1.82, 2.24) is 14.5 Å². The summed E-state index contributed by atoms with van der Waals surface area (Å²) in [5, 5.41) is 4.46. The summed E-state index contributed by atoms with van der Waals surface area (Å²) in [4.78, 5) is 0. The van der Waals surface area contributed by atoms with Crippen molar-refractivity contribution in [3.05, 3.63) is 33.9 Å². The number of thiophene rings is 1. The zero-order chi connectivity index (χ0) is 13.2. The highest BCUT2D eigenvalue weighted by Gasteiger charge is 2.15. The van der Waals surface area contributed by atoms with Gasteiger partial charge in [0, 0.05) is 12.7 Å². The third kappa shape index (κ3) is 3.46. The van der Waals surface area contributed by atoms with Gasteiger partial charge >= 0.3 is 0 Å². The Kier molecular flexibility index (Phi) is 4.29. The van der Waals surface area contributed by atoms with Gasteiger partial charge in [0.15, 0.2) is 0 Å². The first kappa shape index (κ1) is 13.8. The van der Waals surface area contributed by atoms with E-state index in [4.69, 9.17) is 23.2 Å². The average molecular weight is 326 g/mol. The molecule has 2 heterocycles. The van der Waals surface area contributed by atoms with Crippen LogP contribution >= 0.6 is 34.5 Å². The monoisotopic (exact) mass is 325 g/mol. The lowest BCUT2D eigenvalue weighted by molar-refractivity contribution is 0.562. The van der Waals surface area contributed by atoms with E-state index in [2.05, 4.69) is 9.82 Å². The van der Waals surface area contributed by atoms with Gasteiger partial charge in [0.25, 0.3) is 0 Å². The molecule has 0 saturated carbocycles. The summed E-state index contributed by atoms with van der Waals surface area (Å²) < 4.78 is 28.3. The lowest BCUT2D eigenvalue weighted by Crippen LogP contribution is -2.26. The Labute approximate surface area is 118 Å². The molecule has 0 amide bonds. The normalized spacial score (nSPS) is 11.9. The second-order valence-corrected chi connectivity index (χ2v) is 7.52. The van der Waals surface area contributed by atoms with Gasteiger partial charge in [-0.1, -0.05) is 23.2 Å². The number of aromatic nitrogens is 2. The van der Waals surface area contributed by atoms with Gasteiger partial charge < -0.3 is 0 Å². The van der Waals surface area contributed by atoms with Crippen LogP contribution in [0.3, 0.4) is 0 Å². The standard InChI is InChI=1S/C9H9Cl2N3O2S2/c10-7-5-12-14(6-7)4-3-13-18(15,16)9-2-1-8(11)17-9/h1-2,5-6,13H,3-4H2. The van der Waals surface area contributed by atoms with Crippen LogP contribution in [-0.2, 0) is 16.6 Å². The van der Waals surface area contributed by atoms with Gasteiger partial charge in [-0.25, -0.2) is 13.1 Å². The number of sulfonamides is 1. The quantitative estimate of drug-likeness (QED) is 0.916. The molecule has 0 fully saturated rings. The van der Waals surface area contributed by atoms with E-state index in [1.165, 1.54) is 12.3 Å². The third-order valence-electron chi connectivity index (χ3n) is 2.05. The highest BCUT2D eigenvalue weighted by atomic mass is 35.5. The van der Waals surface area contributed by atoms with E-state index in [1.807, 2.05) is 0 Å². The Morgan fingerprint density at radius 3 is 2.72 bits per heavy atom. The summed E-state index contributed by atoms with van der Waals surface area (Å²) in [6.45, 7) is 0.640. The van der Waals surface area contributed by atoms with Crippen molar-refractivity contribution < 1.29 is 8.42 Å². The second kappa shape index (κ2) is 5.58. The number of nitrogens with zero attached hydrogens (tertiary/aromatic N) is 2. The first-order chi connectivity index (χ1) is 8.47. The van der Waals surface area contributed by atoms with Crippen LogP contribution in [0.1, 0.15) is 0 Å². The molecular formula is C9H9Cl2N3O2S2. The minimum absolute atomic E-state index is 0.200. The molecule has 0 aromatic carbocycles. The molecule has 2 aromatic rings. The third-order valence-corrected chi connectivity index (χ3v) is 5.43. The molecule has 0 unspecified atom stereocenters. The van der Waals surface area contributed by atoms with Crippen LogP contribution in [0, 0.1) is 0 Å². The lowest BCUT2D eigenvalue weighted by atomic mass is 10.6. The van der Waals surface area contributed by atoms with E-state index in [1.54, 1.807) is 16.9 Å². The van der Waals surface area contributed by atoms with E-state index in [9.17, 15) is 8.42 Å². The summed E-state index contributed by atoms with van der Waals surface area (Å²) in [5.74, 6) is 0. The molecule has 0 saturated heterocycles. The molecule has 18 heavy (non-hydrogen) atoms. The fourth-order valence-electron chi connectivity index (χ4n) is 1.27. The van der Waals surface area contributed by atoms with E-state index in [0.29, 0.717) is 15.9 Å². The van der Waals surface area contributed by atoms with Gasteiger partial charge in [-0.15, -0.1) is 11.3 Å². The second-order valence-electron chi connectivity index (χ2n) is 3.38. The molecule has 0 atom stereocenters. The van der Waals surface area contributed by atoms with Gasteiger partial charge in [0.1, 0.15) is 4.21 Å². The minimum atomic E-state index is -3.49. The van der Waals surface area contributed by atoms with Crippen molar-refractivity contribution in [2.75, 3.05) is 6.54 Å². The molecule has 0 aliphatic heterocycles. The van der Waals surface area contributed by atoms with E-state index in [-0.39, 0.29) is 10.8 Å². The van der Waals surface area contributed by atoms with Gasteiger partial charge in [0.2, 0.25) is 10.0 Å². The maximum atomic E-state index is 11.8. The minimum Gasteiger partial charge on any atom is -0.270 e. The molecule has 0 aliphatic carbocycles. The SMILES string of the molecule is O=S(=O)(NCCn1cc(Cl)cn1)c1ccc(Cl)s1. The summed E-state index contributed by atoms with van der Waals surface area (Å²) in [5.41, 5.74) is 0. The zero-order valence-electron chi connectivity index (χ0n) is 9.01. The molecule has 0 spiro atoms. The Bertz CT molecular complexity index is 636. The number of nitrogens with one attached hydrogen (secondary N) is 1. The zero-order valence-corrected chi connectivity index (χ0v) is 12.2. The first-order valence-electron chi connectivity index (χ1n) is 4.90. The molecule has 0 bridgehead atoms. The Morgan fingerprint density at radius 1 is 1.39 bits per heavy atom. The predicted octanol–water partition coefficient (Wildman–Crippen LogP) is 2.23. The molecule has 98 valence electrons. The number of halogens is 2. The highest BCUT2D eigenvalue weighted by Crippen LogP contribution is 2.25. The van der Waals surface area contributed by atoms with E-state index < -0.39 is 10.0 Å². The van der Waals surface area contributed by atoms with Crippen molar-refractivity contribution in [1.29, 1.82) is 0 Å². The molecule has 2 aromatic heterocycles. The molecule has 1 N–H and O–H groups in total. The summed E-state index contributed by atoms with van der Waals surface area (Å²) in [6, 6.07) is 3.02. The van der Waals surface area contributed by atoms with Crippen molar-refractivity contribution in [3.8, 4) is 0 Å². The summed E-state index contributed by atoms with van der Waals surface area (Å²) in [7, 11) is -3.49. The molecule has 0 radical (unpaired) electrons. The van der Waals surface area contributed by atoms with Crippen molar-refractivity contribution in [2.45, 2.75) is 10.8 Å². The van der Waals surface area contributed by atoms with Gasteiger partial charge in [-0.05, 0) is 12.1 Å². The van der Waals surface area contributed by atoms with Crippen LogP contribution in [0.5, 0.6) is 0 Å². The highest BCUT2D eigenvalue weighted by molar-refractivity contribution is 7.91. The van der Waals surface area contributed by atoms with Gasteiger partial charge in [-0.2, -0.15) is 5.10 Å². The largest absolute Gasteiger partial charge is 0.270 e. The Hall–Kier alpha value is -0.600. The number of rotatable bonds is 5. The molecule has 5 nitrogen and oxygen atoms in total. The van der Waals surface area contributed by atoms with Crippen LogP contribution in [-0.4, -0.2) is 24.7 Å². The molecule has 9 heteroatoms. The molecular weight excluding hydrogens is 317 g/mol. The van der Waals surface area contributed by atoms with Crippen molar-refractivity contribution in [3.63, 3.8) is 0 Å². The lowest BCUT2D eigenvalue weighted by Gasteiger charge is -2.04. The maximum absolute atomic E-state index is 11.8. The smallest absolute Gasteiger partial charge is 0.250 e. The van der Waals surface area contributed by atoms with E-state index >= 15 is 0 Å². The summed E-state index contributed by atoms with van der Waals surface area (Å²) in [6.07, 6.45) is 3.12. The topological polar surface area (TPSA) is 64.0 Å². The molecule has 2 rings (SSSR count). The fourth-order valence-corrected chi connectivity index (χ4v) is 3.97. The summed E-state index contributed by atoms with van der Waals surface area (Å²) >= 11 is 12.4. The van der Waals surface area contributed by atoms with Gasteiger partial charge in [0.05, 0.1) is 22.1 Å². The average Bonchev–Trinajstić information content (AvgIpc) is 2.88. The van der Waals surface area contributed by atoms with Crippen molar-refractivity contribution >= 4 is 44.6 Å². The van der Waals surface area contributed by atoms with E-state index in [0.717, 1.165) is 11.3 Å². The number of hydrogen-bond acceptors (Lipinski definition) is 4. The Balaban J connectivity index is 1.93. The fraction of sp³-hybridized carbons (Fsp3) is 0.222. The van der Waals surface area contributed by atoms with Crippen LogP contribution in [0.15, 0.2) is 28.7 Å². The Morgan fingerprint density at radius 2 is 2.17 bits per heavy atom. The van der Waals surface area contributed by atoms with Crippen molar-refractivity contribution in [2.24, 2.45) is 0 Å².